The molecule has 3 heteroatoms. The van der Waals surface area contributed by atoms with Crippen LogP contribution in [0.1, 0.15) is 18.1 Å². The molecule has 0 aliphatic heterocycles. The summed E-state index contributed by atoms with van der Waals surface area (Å²) >= 11 is 0. The molecule has 1 aromatic rings. The number of aryl methyl sites for hydroxylation is 2. The number of aromatic hydroxyl groups is 1. The van der Waals surface area contributed by atoms with Gasteiger partial charge in [-0.2, -0.15) is 0 Å². The molecule has 2 N–H and O–H groups in total. The standard InChI is InChI=1S/C8H10O.C2H4O2/c1-6-3-4-8(9)5-7(6)2;1-2(3)4/h3-5,9H,1-2H3;1H3,(H,3,4). The Morgan fingerprint density at radius 2 is 1.69 bits per heavy atom. The predicted octanol–water partition coefficient (Wildman–Crippen LogP) is 2.10. The third kappa shape index (κ3) is 5.73. The van der Waals surface area contributed by atoms with Crippen molar-refractivity contribution in [1.29, 1.82) is 0 Å². The molecular weight excluding hydrogens is 168 g/mol. The normalized spacial score (nSPS) is 8.54. The number of carboxylic acids is 1. The lowest BCUT2D eigenvalue weighted by molar-refractivity contribution is -0.134. The number of carboxylic acid groups (broad SMARTS) is 1. The first kappa shape index (κ1) is 11.5. The highest BCUT2D eigenvalue weighted by molar-refractivity contribution is 5.62. The van der Waals surface area contributed by atoms with Gasteiger partial charge in [-0.1, -0.05) is 6.07 Å². The Balaban J connectivity index is 0.000000310. The quantitative estimate of drug-likeness (QED) is 0.646. The zero-order valence-electron chi connectivity index (χ0n) is 8.03. The second-order valence-corrected chi connectivity index (χ2v) is 2.79. The van der Waals surface area contributed by atoms with Gasteiger partial charge in [0.05, 0.1) is 0 Å². The van der Waals surface area contributed by atoms with Gasteiger partial charge in [0.1, 0.15) is 5.75 Å². The Labute approximate surface area is 77.6 Å². The summed E-state index contributed by atoms with van der Waals surface area (Å²) in [6, 6.07) is 5.36. The summed E-state index contributed by atoms with van der Waals surface area (Å²) < 4.78 is 0. The summed E-state index contributed by atoms with van der Waals surface area (Å²) in [5.74, 6) is -0.488. The highest BCUT2D eigenvalue weighted by atomic mass is 16.4. The molecule has 0 aromatic heterocycles. The fourth-order valence-corrected chi connectivity index (χ4v) is 0.726. The van der Waals surface area contributed by atoms with Crippen LogP contribution in [0.2, 0.25) is 0 Å². The first-order chi connectivity index (χ1) is 5.93. The molecule has 0 aliphatic carbocycles. The first-order valence-electron chi connectivity index (χ1n) is 3.89. The molecule has 0 amide bonds. The van der Waals surface area contributed by atoms with E-state index in [9.17, 15) is 0 Å². The van der Waals surface area contributed by atoms with Gasteiger partial charge in [0.15, 0.2) is 0 Å². The van der Waals surface area contributed by atoms with Crippen molar-refractivity contribution in [3.8, 4) is 5.75 Å². The minimum atomic E-state index is -0.833. The van der Waals surface area contributed by atoms with Crippen LogP contribution < -0.4 is 0 Å². The van der Waals surface area contributed by atoms with Gasteiger partial charge in [0.25, 0.3) is 5.97 Å². The zero-order valence-corrected chi connectivity index (χ0v) is 8.03. The van der Waals surface area contributed by atoms with Gasteiger partial charge in [-0.25, -0.2) is 0 Å². The Bertz CT molecular complexity index is 288. The Morgan fingerprint density at radius 1 is 1.23 bits per heavy atom. The van der Waals surface area contributed by atoms with Crippen molar-refractivity contribution in [3.05, 3.63) is 29.3 Å². The average molecular weight is 182 g/mol. The maximum Gasteiger partial charge on any atom is 0.300 e. The highest BCUT2D eigenvalue weighted by Crippen LogP contribution is 2.13. The van der Waals surface area contributed by atoms with E-state index >= 15 is 0 Å². The van der Waals surface area contributed by atoms with Crippen LogP contribution in [-0.2, 0) is 4.79 Å². The number of carbonyl (C=O) groups is 1. The Hall–Kier alpha value is -1.51. The monoisotopic (exact) mass is 182 g/mol. The number of hydrogen-bond donors (Lipinski definition) is 2. The lowest BCUT2D eigenvalue weighted by Gasteiger charge is -1.97. The molecule has 0 heterocycles. The molecule has 0 spiro atoms. The van der Waals surface area contributed by atoms with Crippen LogP contribution in [0.15, 0.2) is 18.2 Å². The molecule has 1 aromatic carbocycles. The van der Waals surface area contributed by atoms with E-state index < -0.39 is 5.97 Å². The average Bonchev–Trinajstić information content (AvgIpc) is 1.96. The molecule has 0 atom stereocenters. The van der Waals surface area contributed by atoms with Crippen molar-refractivity contribution in [2.24, 2.45) is 0 Å². The van der Waals surface area contributed by atoms with E-state index in [1.165, 1.54) is 5.56 Å². The summed E-state index contributed by atoms with van der Waals surface area (Å²) in [6.07, 6.45) is 0. The van der Waals surface area contributed by atoms with Crippen LogP contribution in [0.3, 0.4) is 0 Å². The van der Waals surface area contributed by atoms with E-state index in [0.717, 1.165) is 12.5 Å². The molecule has 72 valence electrons. The van der Waals surface area contributed by atoms with Gasteiger partial charge in [-0.15, -0.1) is 0 Å². The van der Waals surface area contributed by atoms with E-state index in [0.29, 0.717) is 5.75 Å². The topological polar surface area (TPSA) is 57.5 Å². The van der Waals surface area contributed by atoms with E-state index in [-0.39, 0.29) is 0 Å². The largest absolute Gasteiger partial charge is 0.508 e. The number of benzene rings is 1. The van der Waals surface area contributed by atoms with E-state index in [2.05, 4.69) is 0 Å². The van der Waals surface area contributed by atoms with Gasteiger partial charge in [0, 0.05) is 6.92 Å². The Kier molecular flexibility index (Phi) is 4.59. The number of phenolic OH excluding ortho intramolecular Hbond substituents is 1. The molecule has 0 bridgehead atoms. The zero-order chi connectivity index (χ0) is 10.4. The Morgan fingerprint density at radius 3 is 2.00 bits per heavy atom. The van der Waals surface area contributed by atoms with Crippen molar-refractivity contribution >= 4 is 5.97 Å². The second kappa shape index (κ2) is 5.19. The number of aliphatic carboxylic acids is 1. The number of hydrogen-bond acceptors (Lipinski definition) is 2. The molecule has 1 rings (SSSR count). The van der Waals surface area contributed by atoms with Crippen LogP contribution in [0.5, 0.6) is 5.75 Å². The maximum absolute atomic E-state index is 9.00. The van der Waals surface area contributed by atoms with Crippen molar-refractivity contribution in [2.45, 2.75) is 20.8 Å². The minimum absolute atomic E-state index is 0.345. The van der Waals surface area contributed by atoms with Gasteiger partial charge in [-0.3, -0.25) is 4.79 Å². The molecule has 3 nitrogen and oxygen atoms in total. The minimum Gasteiger partial charge on any atom is -0.508 e. The van der Waals surface area contributed by atoms with Crippen LogP contribution >= 0.6 is 0 Å². The van der Waals surface area contributed by atoms with E-state index in [4.69, 9.17) is 15.0 Å². The van der Waals surface area contributed by atoms with Gasteiger partial charge < -0.3 is 10.2 Å². The van der Waals surface area contributed by atoms with E-state index in [1.54, 1.807) is 12.1 Å². The van der Waals surface area contributed by atoms with Crippen molar-refractivity contribution < 1.29 is 15.0 Å². The van der Waals surface area contributed by atoms with Crippen molar-refractivity contribution in [2.75, 3.05) is 0 Å². The van der Waals surface area contributed by atoms with Gasteiger partial charge in [-0.05, 0) is 37.1 Å². The molecule has 0 aliphatic rings. The molecule has 0 saturated heterocycles. The summed E-state index contributed by atoms with van der Waals surface area (Å²) in [4.78, 5) is 9.00. The number of phenols is 1. The predicted molar refractivity (Wildman–Crippen MR) is 50.9 cm³/mol. The molecule has 0 fully saturated rings. The lowest BCUT2D eigenvalue weighted by Crippen LogP contribution is -1.78. The van der Waals surface area contributed by atoms with Crippen molar-refractivity contribution in [1.82, 2.24) is 0 Å². The van der Waals surface area contributed by atoms with Crippen LogP contribution in [0.25, 0.3) is 0 Å². The molecule has 0 radical (unpaired) electrons. The molecular formula is C10H14O3. The smallest absolute Gasteiger partial charge is 0.300 e. The van der Waals surface area contributed by atoms with E-state index in [1.807, 2.05) is 19.9 Å². The third-order valence-corrected chi connectivity index (χ3v) is 1.49. The first-order valence-corrected chi connectivity index (χ1v) is 3.89. The van der Waals surface area contributed by atoms with Gasteiger partial charge >= 0.3 is 0 Å². The SMILES string of the molecule is CC(=O)O.Cc1ccc(O)cc1C. The maximum atomic E-state index is 9.00. The highest BCUT2D eigenvalue weighted by Gasteiger charge is 1.90. The number of rotatable bonds is 0. The summed E-state index contributed by atoms with van der Waals surface area (Å²) in [5.41, 5.74) is 2.35. The van der Waals surface area contributed by atoms with Crippen LogP contribution in [-0.4, -0.2) is 16.2 Å². The van der Waals surface area contributed by atoms with Crippen LogP contribution in [0.4, 0.5) is 0 Å². The molecule has 0 unspecified atom stereocenters. The fourth-order valence-electron chi connectivity index (χ4n) is 0.726. The van der Waals surface area contributed by atoms with Crippen LogP contribution in [0, 0.1) is 13.8 Å². The van der Waals surface area contributed by atoms with Gasteiger partial charge in [0.2, 0.25) is 0 Å². The summed E-state index contributed by atoms with van der Waals surface area (Å²) in [5, 5.41) is 16.4. The third-order valence-electron chi connectivity index (χ3n) is 1.49. The summed E-state index contributed by atoms with van der Waals surface area (Å²) in [7, 11) is 0. The van der Waals surface area contributed by atoms with Crippen molar-refractivity contribution in [3.63, 3.8) is 0 Å². The molecule has 13 heavy (non-hydrogen) atoms. The summed E-state index contributed by atoms with van der Waals surface area (Å²) in [6.45, 7) is 5.09. The fraction of sp³-hybridized carbons (Fsp3) is 0.300. The second-order valence-electron chi connectivity index (χ2n) is 2.79. The lowest BCUT2D eigenvalue weighted by atomic mass is 10.1. The molecule has 0 saturated carbocycles.